The normalized spacial score (nSPS) is 11.7. The molecule has 1 heterocycles. The highest BCUT2D eigenvalue weighted by Gasteiger charge is 2.35. The highest BCUT2D eigenvalue weighted by molar-refractivity contribution is 5.98. The summed E-state index contributed by atoms with van der Waals surface area (Å²) in [4.78, 5) is 16.4. The van der Waals surface area contributed by atoms with Crippen LogP contribution in [0.4, 0.5) is 18.9 Å². The number of rotatable bonds is 3. The van der Waals surface area contributed by atoms with Gasteiger partial charge in [-0.1, -0.05) is 0 Å². The van der Waals surface area contributed by atoms with Crippen LogP contribution in [0.2, 0.25) is 0 Å². The van der Waals surface area contributed by atoms with Crippen LogP contribution >= 0.6 is 0 Å². The summed E-state index contributed by atoms with van der Waals surface area (Å²) in [6, 6.07) is 0.790. The second-order valence-electron chi connectivity index (χ2n) is 4.10. The maximum absolute atomic E-state index is 12.4. The lowest BCUT2D eigenvalue weighted by Gasteiger charge is -2.28. The van der Waals surface area contributed by atoms with Crippen LogP contribution in [-0.2, 0) is 0 Å². The fourth-order valence-electron chi connectivity index (χ4n) is 1.42. The molecule has 0 fully saturated rings. The van der Waals surface area contributed by atoms with E-state index in [1.54, 1.807) is 0 Å². The van der Waals surface area contributed by atoms with Crippen molar-refractivity contribution in [2.45, 2.75) is 26.1 Å². The molecular formula is C11H14F3N3O. The van der Waals surface area contributed by atoms with E-state index in [1.165, 1.54) is 32.3 Å². The first-order valence-corrected chi connectivity index (χ1v) is 5.29. The molecule has 0 saturated heterocycles. The highest BCUT2D eigenvalue weighted by atomic mass is 19.4. The molecule has 7 heteroatoms. The summed E-state index contributed by atoms with van der Waals surface area (Å²) < 4.78 is 37.2. The first-order valence-electron chi connectivity index (χ1n) is 5.29. The number of carbonyl (C=O) groups excluding carboxylic acids is 1. The van der Waals surface area contributed by atoms with Gasteiger partial charge >= 0.3 is 6.18 Å². The average Bonchev–Trinajstić information content (AvgIpc) is 2.24. The Morgan fingerprint density at radius 1 is 1.50 bits per heavy atom. The zero-order valence-corrected chi connectivity index (χ0v) is 10.0. The SMILES string of the molecule is CC(C)N(CC(F)(F)F)C(=O)c1cnccc1N. The van der Waals surface area contributed by atoms with Gasteiger partial charge in [-0.15, -0.1) is 0 Å². The molecule has 1 aromatic heterocycles. The monoisotopic (exact) mass is 261 g/mol. The fraction of sp³-hybridized carbons (Fsp3) is 0.455. The molecule has 0 unspecified atom stereocenters. The second kappa shape index (κ2) is 5.24. The van der Waals surface area contributed by atoms with Gasteiger partial charge in [0.25, 0.3) is 5.91 Å². The number of hydrogen-bond donors (Lipinski definition) is 1. The number of hydrogen-bond acceptors (Lipinski definition) is 3. The summed E-state index contributed by atoms with van der Waals surface area (Å²) in [5, 5.41) is 0. The lowest BCUT2D eigenvalue weighted by Crippen LogP contribution is -2.43. The average molecular weight is 261 g/mol. The van der Waals surface area contributed by atoms with Crippen LogP contribution in [-0.4, -0.2) is 34.6 Å². The van der Waals surface area contributed by atoms with Gasteiger partial charge in [0, 0.05) is 24.1 Å². The predicted molar refractivity (Wildman–Crippen MR) is 60.9 cm³/mol. The van der Waals surface area contributed by atoms with Crippen LogP contribution in [0.15, 0.2) is 18.5 Å². The third-order valence-electron chi connectivity index (χ3n) is 2.32. The van der Waals surface area contributed by atoms with E-state index in [9.17, 15) is 18.0 Å². The van der Waals surface area contributed by atoms with Gasteiger partial charge in [0.2, 0.25) is 0 Å². The minimum atomic E-state index is -4.45. The maximum Gasteiger partial charge on any atom is 0.406 e. The summed E-state index contributed by atoms with van der Waals surface area (Å²) in [5.41, 5.74) is 5.65. The molecule has 0 atom stereocenters. The molecule has 0 bridgehead atoms. The minimum absolute atomic E-state index is 0.0181. The van der Waals surface area contributed by atoms with Crippen molar-refractivity contribution in [1.82, 2.24) is 9.88 Å². The number of aromatic nitrogens is 1. The van der Waals surface area contributed by atoms with Crippen LogP contribution in [0.1, 0.15) is 24.2 Å². The van der Waals surface area contributed by atoms with Crippen molar-refractivity contribution in [3.63, 3.8) is 0 Å². The Hall–Kier alpha value is -1.79. The molecule has 1 amide bonds. The molecule has 0 aliphatic carbocycles. The van der Waals surface area contributed by atoms with Gasteiger partial charge in [0.15, 0.2) is 0 Å². The molecule has 0 aliphatic rings. The Morgan fingerprint density at radius 3 is 2.56 bits per heavy atom. The number of carbonyl (C=O) groups is 1. The van der Waals surface area contributed by atoms with Crippen LogP contribution < -0.4 is 5.73 Å². The largest absolute Gasteiger partial charge is 0.406 e. The van der Waals surface area contributed by atoms with Crippen molar-refractivity contribution in [3.05, 3.63) is 24.0 Å². The maximum atomic E-state index is 12.4. The van der Waals surface area contributed by atoms with Crippen molar-refractivity contribution >= 4 is 11.6 Å². The number of pyridine rings is 1. The second-order valence-corrected chi connectivity index (χ2v) is 4.10. The standard InChI is InChI=1S/C11H14F3N3O/c1-7(2)17(6-11(12,13)14)10(18)8-5-16-4-3-9(8)15/h3-5,7H,6H2,1-2H3,(H2,15,16). The van der Waals surface area contributed by atoms with E-state index in [0.717, 1.165) is 0 Å². The third kappa shape index (κ3) is 3.61. The molecule has 0 aliphatic heterocycles. The van der Waals surface area contributed by atoms with Gasteiger partial charge in [0.05, 0.1) is 5.56 Å². The Morgan fingerprint density at radius 2 is 2.11 bits per heavy atom. The lowest BCUT2D eigenvalue weighted by atomic mass is 10.2. The van der Waals surface area contributed by atoms with E-state index in [4.69, 9.17) is 5.73 Å². The zero-order chi connectivity index (χ0) is 13.9. The van der Waals surface area contributed by atoms with Crippen molar-refractivity contribution in [3.8, 4) is 0 Å². The molecule has 1 aromatic rings. The molecular weight excluding hydrogens is 247 g/mol. The van der Waals surface area contributed by atoms with Crippen LogP contribution in [0.3, 0.4) is 0 Å². The molecule has 18 heavy (non-hydrogen) atoms. The van der Waals surface area contributed by atoms with Gasteiger partial charge in [-0.25, -0.2) is 0 Å². The predicted octanol–water partition coefficient (Wildman–Crippen LogP) is 2.08. The highest BCUT2D eigenvalue weighted by Crippen LogP contribution is 2.21. The van der Waals surface area contributed by atoms with Gasteiger partial charge in [-0.3, -0.25) is 9.78 Å². The molecule has 0 saturated carbocycles. The molecule has 1 rings (SSSR count). The summed E-state index contributed by atoms with van der Waals surface area (Å²) in [5.74, 6) is -0.770. The smallest absolute Gasteiger partial charge is 0.398 e. The van der Waals surface area contributed by atoms with E-state index in [0.29, 0.717) is 4.90 Å². The number of halogens is 3. The van der Waals surface area contributed by atoms with Crippen LogP contribution in [0.5, 0.6) is 0 Å². The lowest BCUT2D eigenvalue weighted by molar-refractivity contribution is -0.143. The van der Waals surface area contributed by atoms with E-state index in [-0.39, 0.29) is 11.3 Å². The number of alkyl halides is 3. The van der Waals surface area contributed by atoms with Crippen LogP contribution in [0.25, 0.3) is 0 Å². The molecule has 0 aromatic carbocycles. The van der Waals surface area contributed by atoms with Crippen molar-refractivity contribution < 1.29 is 18.0 Å². The van der Waals surface area contributed by atoms with E-state index >= 15 is 0 Å². The number of anilines is 1. The summed E-state index contributed by atoms with van der Waals surface area (Å²) in [6.07, 6.45) is -1.91. The Kier molecular flexibility index (Phi) is 4.15. The number of nitrogens with two attached hydrogens (primary N) is 1. The van der Waals surface area contributed by atoms with E-state index in [1.807, 2.05) is 0 Å². The fourth-order valence-corrected chi connectivity index (χ4v) is 1.42. The molecule has 0 spiro atoms. The Balaban J connectivity index is 3.01. The quantitative estimate of drug-likeness (QED) is 0.906. The van der Waals surface area contributed by atoms with Gasteiger partial charge in [-0.2, -0.15) is 13.2 Å². The Bertz CT molecular complexity index is 432. The minimum Gasteiger partial charge on any atom is -0.398 e. The summed E-state index contributed by atoms with van der Waals surface area (Å²) in [7, 11) is 0. The number of nitrogen functional groups attached to an aromatic ring is 1. The molecule has 100 valence electrons. The first kappa shape index (κ1) is 14.3. The number of nitrogens with zero attached hydrogens (tertiary/aromatic N) is 2. The van der Waals surface area contributed by atoms with Gasteiger partial charge in [-0.05, 0) is 19.9 Å². The Labute approximate surface area is 103 Å². The molecule has 4 nitrogen and oxygen atoms in total. The van der Waals surface area contributed by atoms with Crippen molar-refractivity contribution in [2.75, 3.05) is 12.3 Å². The third-order valence-corrected chi connectivity index (χ3v) is 2.32. The molecule has 0 radical (unpaired) electrons. The van der Waals surface area contributed by atoms with Crippen molar-refractivity contribution in [2.24, 2.45) is 0 Å². The van der Waals surface area contributed by atoms with E-state index < -0.39 is 24.7 Å². The summed E-state index contributed by atoms with van der Waals surface area (Å²) in [6.45, 7) is 1.71. The van der Waals surface area contributed by atoms with Gasteiger partial charge < -0.3 is 10.6 Å². The number of amides is 1. The zero-order valence-electron chi connectivity index (χ0n) is 10.0. The van der Waals surface area contributed by atoms with E-state index in [2.05, 4.69) is 4.98 Å². The van der Waals surface area contributed by atoms with Gasteiger partial charge in [0.1, 0.15) is 6.54 Å². The van der Waals surface area contributed by atoms with Crippen molar-refractivity contribution in [1.29, 1.82) is 0 Å². The topological polar surface area (TPSA) is 59.2 Å². The molecule has 2 N–H and O–H groups in total. The van der Waals surface area contributed by atoms with Crippen LogP contribution in [0, 0.1) is 0 Å². The summed E-state index contributed by atoms with van der Waals surface area (Å²) >= 11 is 0. The first-order chi connectivity index (χ1) is 8.22.